The summed E-state index contributed by atoms with van der Waals surface area (Å²) in [6.45, 7) is 1.64. The highest BCUT2D eigenvalue weighted by molar-refractivity contribution is 5.81. The average Bonchev–Trinajstić information content (AvgIpc) is 2.89. The number of hydrogen-bond donors (Lipinski definition) is 2. The van der Waals surface area contributed by atoms with E-state index in [-0.39, 0.29) is 11.9 Å². The van der Waals surface area contributed by atoms with Crippen molar-refractivity contribution in [3.8, 4) is 0 Å². The normalized spacial score (nSPS) is 19.9. The molecule has 0 saturated carbocycles. The van der Waals surface area contributed by atoms with Gasteiger partial charge in [-0.3, -0.25) is 9.48 Å². The maximum Gasteiger partial charge on any atom is 0.237 e. The van der Waals surface area contributed by atoms with E-state index in [9.17, 15) is 4.79 Å². The first-order valence-electron chi connectivity index (χ1n) is 5.74. The van der Waals surface area contributed by atoms with Gasteiger partial charge in [0.05, 0.1) is 12.2 Å². The molecule has 0 radical (unpaired) electrons. The van der Waals surface area contributed by atoms with Crippen molar-refractivity contribution in [3.05, 3.63) is 18.0 Å². The van der Waals surface area contributed by atoms with Gasteiger partial charge < -0.3 is 10.6 Å². The molecule has 1 amide bonds. The number of aryl methyl sites for hydroxylation is 1. The molecule has 1 atom stereocenters. The largest absolute Gasteiger partial charge is 0.354 e. The Bertz CT molecular complexity index is 355. The third kappa shape index (κ3) is 2.82. The summed E-state index contributed by atoms with van der Waals surface area (Å²) in [5.41, 5.74) is 1.15. The summed E-state index contributed by atoms with van der Waals surface area (Å²) in [5, 5.41) is 10.2. The highest BCUT2D eigenvalue weighted by Crippen LogP contribution is 2.04. The fraction of sp³-hybridized carbons (Fsp3) is 0.636. The lowest BCUT2D eigenvalue weighted by Crippen LogP contribution is -2.41. The lowest BCUT2D eigenvalue weighted by atomic mass is 10.2. The van der Waals surface area contributed by atoms with Gasteiger partial charge in [0.15, 0.2) is 0 Å². The van der Waals surface area contributed by atoms with Crippen LogP contribution in [0.2, 0.25) is 0 Å². The second kappa shape index (κ2) is 5.12. The number of aromatic nitrogens is 2. The number of amides is 1. The highest BCUT2D eigenvalue weighted by atomic mass is 16.2. The number of carbonyl (C=O) groups is 1. The van der Waals surface area contributed by atoms with Crippen molar-refractivity contribution >= 4 is 5.91 Å². The summed E-state index contributed by atoms with van der Waals surface area (Å²) in [4.78, 5) is 11.6. The van der Waals surface area contributed by atoms with Crippen LogP contribution in [0.15, 0.2) is 12.4 Å². The van der Waals surface area contributed by atoms with Crippen LogP contribution in [0.5, 0.6) is 0 Å². The number of hydrogen-bond acceptors (Lipinski definition) is 3. The maximum absolute atomic E-state index is 11.6. The van der Waals surface area contributed by atoms with Gasteiger partial charge >= 0.3 is 0 Å². The van der Waals surface area contributed by atoms with Gasteiger partial charge in [-0.1, -0.05) is 0 Å². The smallest absolute Gasteiger partial charge is 0.237 e. The summed E-state index contributed by atoms with van der Waals surface area (Å²) in [6, 6.07) is 0.0221. The van der Waals surface area contributed by atoms with E-state index in [4.69, 9.17) is 0 Å². The predicted molar refractivity (Wildman–Crippen MR) is 60.9 cm³/mol. The molecule has 0 unspecified atom stereocenters. The molecule has 88 valence electrons. The van der Waals surface area contributed by atoms with Crippen molar-refractivity contribution in [2.24, 2.45) is 7.05 Å². The Morgan fingerprint density at radius 2 is 2.62 bits per heavy atom. The van der Waals surface area contributed by atoms with Crippen molar-refractivity contribution in [2.45, 2.75) is 25.3 Å². The minimum atomic E-state index is 0.0221. The van der Waals surface area contributed by atoms with Crippen LogP contribution in [-0.4, -0.2) is 34.8 Å². The summed E-state index contributed by atoms with van der Waals surface area (Å²) < 4.78 is 1.77. The van der Waals surface area contributed by atoms with E-state index in [1.807, 2.05) is 19.4 Å². The molecule has 2 rings (SSSR count). The van der Waals surface area contributed by atoms with Crippen LogP contribution in [-0.2, 0) is 18.3 Å². The summed E-state index contributed by atoms with van der Waals surface area (Å²) in [7, 11) is 1.89. The first-order valence-corrected chi connectivity index (χ1v) is 5.74. The molecule has 16 heavy (non-hydrogen) atoms. The molecule has 1 fully saturated rings. The summed E-state index contributed by atoms with van der Waals surface area (Å²) in [5.74, 6) is 0.126. The molecule has 1 aromatic heterocycles. The third-order valence-electron chi connectivity index (χ3n) is 2.85. The van der Waals surface area contributed by atoms with E-state index in [1.54, 1.807) is 4.68 Å². The maximum atomic E-state index is 11.6. The summed E-state index contributed by atoms with van der Waals surface area (Å²) in [6.07, 6.45) is 6.70. The van der Waals surface area contributed by atoms with Crippen molar-refractivity contribution in [2.75, 3.05) is 13.1 Å². The number of nitrogens with zero attached hydrogens (tertiary/aromatic N) is 2. The molecule has 1 aromatic rings. The zero-order valence-electron chi connectivity index (χ0n) is 9.57. The van der Waals surface area contributed by atoms with Crippen molar-refractivity contribution in [1.82, 2.24) is 20.4 Å². The number of rotatable bonds is 4. The molecule has 5 heteroatoms. The quantitative estimate of drug-likeness (QED) is 0.743. The lowest BCUT2D eigenvalue weighted by Gasteiger charge is -2.10. The van der Waals surface area contributed by atoms with Crippen molar-refractivity contribution in [3.63, 3.8) is 0 Å². The monoisotopic (exact) mass is 222 g/mol. The molecular formula is C11H18N4O. The standard InChI is InChI=1S/C11H18N4O/c1-15-8-9(7-14-15)4-6-13-11(16)10-3-2-5-12-10/h7-8,10,12H,2-6H2,1H3,(H,13,16)/t10-/m0/s1. The molecule has 0 aromatic carbocycles. The average molecular weight is 222 g/mol. The van der Waals surface area contributed by atoms with E-state index >= 15 is 0 Å². The van der Waals surface area contributed by atoms with Crippen LogP contribution in [0.1, 0.15) is 18.4 Å². The fourth-order valence-corrected chi connectivity index (χ4v) is 1.96. The van der Waals surface area contributed by atoms with Gasteiger partial charge in [-0.05, 0) is 31.4 Å². The molecule has 0 aliphatic carbocycles. The van der Waals surface area contributed by atoms with Gasteiger partial charge in [0.25, 0.3) is 0 Å². The SMILES string of the molecule is Cn1cc(CCNC(=O)[C@@H]2CCCN2)cn1. The first kappa shape index (κ1) is 11.1. The molecule has 1 saturated heterocycles. The Morgan fingerprint density at radius 3 is 3.25 bits per heavy atom. The Labute approximate surface area is 95.2 Å². The van der Waals surface area contributed by atoms with E-state index in [2.05, 4.69) is 15.7 Å². The molecule has 2 heterocycles. The minimum Gasteiger partial charge on any atom is -0.354 e. The van der Waals surface area contributed by atoms with Gasteiger partial charge in [-0.2, -0.15) is 5.10 Å². The van der Waals surface area contributed by atoms with Crippen LogP contribution in [0.25, 0.3) is 0 Å². The molecule has 1 aliphatic rings. The molecule has 2 N–H and O–H groups in total. The molecule has 5 nitrogen and oxygen atoms in total. The van der Waals surface area contributed by atoms with Gasteiger partial charge in [0.1, 0.15) is 0 Å². The highest BCUT2D eigenvalue weighted by Gasteiger charge is 2.21. The Balaban J connectivity index is 1.69. The van der Waals surface area contributed by atoms with E-state index < -0.39 is 0 Å². The van der Waals surface area contributed by atoms with Crippen LogP contribution < -0.4 is 10.6 Å². The number of carbonyl (C=O) groups excluding carboxylic acids is 1. The Morgan fingerprint density at radius 1 is 1.75 bits per heavy atom. The fourth-order valence-electron chi connectivity index (χ4n) is 1.96. The predicted octanol–water partition coefficient (Wildman–Crippen LogP) is -0.169. The van der Waals surface area contributed by atoms with E-state index in [1.165, 1.54) is 0 Å². The lowest BCUT2D eigenvalue weighted by molar-refractivity contribution is -0.122. The topological polar surface area (TPSA) is 59.0 Å². The summed E-state index contributed by atoms with van der Waals surface area (Å²) >= 11 is 0. The Kier molecular flexibility index (Phi) is 3.56. The van der Waals surface area contributed by atoms with Crippen LogP contribution in [0.3, 0.4) is 0 Å². The van der Waals surface area contributed by atoms with Gasteiger partial charge in [0, 0.05) is 19.8 Å². The van der Waals surface area contributed by atoms with Crippen LogP contribution >= 0.6 is 0 Å². The molecule has 0 bridgehead atoms. The van der Waals surface area contributed by atoms with Crippen LogP contribution in [0.4, 0.5) is 0 Å². The third-order valence-corrected chi connectivity index (χ3v) is 2.85. The van der Waals surface area contributed by atoms with Gasteiger partial charge in [0.2, 0.25) is 5.91 Å². The molecule has 0 spiro atoms. The zero-order valence-corrected chi connectivity index (χ0v) is 9.57. The van der Waals surface area contributed by atoms with Gasteiger partial charge in [-0.15, -0.1) is 0 Å². The molecular weight excluding hydrogens is 204 g/mol. The van der Waals surface area contributed by atoms with Crippen molar-refractivity contribution < 1.29 is 4.79 Å². The first-order chi connectivity index (χ1) is 7.75. The second-order valence-electron chi connectivity index (χ2n) is 4.21. The Hall–Kier alpha value is -1.36. The van der Waals surface area contributed by atoms with Crippen molar-refractivity contribution in [1.29, 1.82) is 0 Å². The zero-order chi connectivity index (χ0) is 11.4. The van der Waals surface area contributed by atoms with E-state index in [0.29, 0.717) is 6.54 Å². The van der Waals surface area contributed by atoms with E-state index in [0.717, 1.165) is 31.4 Å². The molecule has 1 aliphatic heterocycles. The number of nitrogens with one attached hydrogen (secondary N) is 2. The van der Waals surface area contributed by atoms with Gasteiger partial charge in [-0.25, -0.2) is 0 Å². The van der Waals surface area contributed by atoms with Crippen LogP contribution in [0, 0.1) is 0 Å². The second-order valence-corrected chi connectivity index (χ2v) is 4.21. The minimum absolute atomic E-state index is 0.0221.